The summed E-state index contributed by atoms with van der Waals surface area (Å²) in [6, 6.07) is 0. The van der Waals surface area contributed by atoms with E-state index in [1.54, 1.807) is 32.9 Å². The maximum absolute atomic E-state index is 12.0. The lowest BCUT2D eigenvalue weighted by Gasteiger charge is -2.08. The number of H-pyrrole nitrogens is 2. The van der Waals surface area contributed by atoms with E-state index in [2.05, 4.69) is 9.97 Å². The summed E-state index contributed by atoms with van der Waals surface area (Å²) in [6.07, 6.45) is 6.25. The molecular weight excluding hydrogens is 312 g/mol. The SMILES string of the molecule is CCn1cc(/C=C\[C@@H](C)c2cn(CC)c(=O)[nH]c2=O)c(=O)[nH]c1=O. The summed E-state index contributed by atoms with van der Waals surface area (Å²) >= 11 is 0. The Morgan fingerprint density at radius 2 is 1.50 bits per heavy atom. The van der Waals surface area contributed by atoms with Crippen LogP contribution in [0.4, 0.5) is 0 Å². The van der Waals surface area contributed by atoms with Gasteiger partial charge in [0.1, 0.15) is 0 Å². The van der Waals surface area contributed by atoms with Crippen molar-refractivity contribution >= 4 is 6.08 Å². The van der Waals surface area contributed by atoms with Crippen molar-refractivity contribution in [3.8, 4) is 0 Å². The van der Waals surface area contributed by atoms with Gasteiger partial charge in [0.25, 0.3) is 11.1 Å². The molecule has 0 saturated heterocycles. The summed E-state index contributed by atoms with van der Waals surface area (Å²) in [5, 5.41) is 0. The topological polar surface area (TPSA) is 110 Å². The van der Waals surface area contributed by atoms with Crippen LogP contribution in [0.1, 0.15) is 37.8 Å². The van der Waals surface area contributed by atoms with Crippen LogP contribution in [0.15, 0.2) is 37.6 Å². The molecule has 2 aromatic heterocycles. The van der Waals surface area contributed by atoms with E-state index < -0.39 is 22.5 Å². The minimum Gasteiger partial charge on any atom is -0.301 e. The molecule has 24 heavy (non-hydrogen) atoms. The molecule has 0 spiro atoms. The van der Waals surface area contributed by atoms with Crippen LogP contribution in [0.5, 0.6) is 0 Å². The second-order valence-electron chi connectivity index (χ2n) is 5.41. The Balaban J connectivity index is 2.40. The summed E-state index contributed by atoms with van der Waals surface area (Å²) in [6.45, 7) is 6.27. The zero-order chi connectivity index (χ0) is 17.9. The van der Waals surface area contributed by atoms with Crippen LogP contribution in [0, 0.1) is 0 Å². The fourth-order valence-corrected chi connectivity index (χ4v) is 2.32. The second kappa shape index (κ2) is 7.12. The van der Waals surface area contributed by atoms with Gasteiger partial charge >= 0.3 is 11.4 Å². The van der Waals surface area contributed by atoms with E-state index in [1.807, 2.05) is 0 Å². The number of hydrogen-bond acceptors (Lipinski definition) is 4. The standard InChI is InChI=1S/C16H20N4O4/c1-4-19-8-11(13(21)17-15(19)23)7-6-10(3)12-9-20(5-2)16(24)18-14(12)22/h6-10H,4-5H2,1-3H3,(H,17,21,23)(H,18,22,24)/b7-6-/t10-/m1/s1. The van der Waals surface area contributed by atoms with Crippen LogP contribution in [0.25, 0.3) is 6.08 Å². The molecule has 1 atom stereocenters. The highest BCUT2D eigenvalue weighted by molar-refractivity contribution is 5.48. The average molecular weight is 332 g/mol. The number of nitrogens with zero attached hydrogens (tertiary/aromatic N) is 2. The number of nitrogens with one attached hydrogen (secondary N) is 2. The van der Waals surface area contributed by atoms with Crippen LogP contribution in [-0.4, -0.2) is 19.1 Å². The summed E-state index contributed by atoms with van der Waals surface area (Å²) in [4.78, 5) is 51.4. The van der Waals surface area contributed by atoms with Gasteiger partial charge in [-0.2, -0.15) is 0 Å². The first kappa shape index (κ1) is 17.5. The molecule has 0 bridgehead atoms. The van der Waals surface area contributed by atoms with E-state index >= 15 is 0 Å². The summed E-state index contributed by atoms with van der Waals surface area (Å²) < 4.78 is 2.79. The molecule has 2 rings (SSSR count). The van der Waals surface area contributed by atoms with Gasteiger partial charge in [-0.3, -0.25) is 19.6 Å². The second-order valence-corrected chi connectivity index (χ2v) is 5.41. The van der Waals surface area contributed by atoms with Crippen molar-refractivity contribution in [2.75, 3.05) is 0 Å². The zero-order valence-electron chi connectivity index (χ0n) is 13.8. The van der Waals surface area contributed by atoms with Crippen molar-refractivity contribution < 1.29 is 0 Å². The Kier molecular flexibility index (Phi) is 5.18. The van der Waals surface area contributed by atoms with Gasteiger partial charge < -0.3 is 9.13 Å². The number of aromatic amines is 2. The van der Waals surface area contributed by atoms with Crippen LogP contribution >= 0.6 is 0 Å². The predicted octanol–water partition coefficient (Wildman–Crippen LogP) is 0.243. The summed E-state index contributed by atoms with van der Waals surface area (Å²) in [7, 11) is 0. The molecule has 128 valence electrons. The first-order chi connectivity index (χ1) is 11.4. The van der Waals surface area contributed by atoms with E-state index in [9.17, 15) is 19.2 Å². The number of aryl methyl sites for hydroxylation is 2. The fourth-order valence-electron chi connectivity index (χ4n) is 2.32. The van der Waals surface area contributed by atoms with Gasteiger partial charge in [-0.15, -0.1) is 0 Å². The quantitative estimate of drug-likeness (QED) is 0.817. The number of hydrogen-bond donors (Lipinski definition) is 2. The van der Waals surface area contributed by atoms with Crippen molar-refractivity contribution in [2.45, 2.75) is 39.8 Å². The molecular formula is C16H20N4O4. The third-order valence-corrected chi connectivity index (χ3v) is 3.81. The van der Waals surface area contributed by atoms with Gasteiger partial charge in [0.2, 0.25) is 0 Å². The lowest BCUT2D eigenvalue weighted by atomic mass is 10.0. The number of allylic oxidation sites excluding steroid dienone is 1. The predicted molar refractivity (Wildman–Crippen MR) is 91.4 cm³/mol. The molecule has 0 radical (unpaired) electrons. The third-order valence-electron chi connectivity index (χ3n) is 3.81. The van der Waals surface area contributed by atoms with Crippen LogP contribution in [-0.2, 0) is 13.1 Å². The van der Waals surface area contributed by atoms with Crippen LogP contribution < -0.4 is 22.5 Å². The van der Waals surface area contributed by atoms with E-state index in [1.165, 1.54) is 21.5 Å². The Morgan fingerprint density at radius 1 is 0.958 bits per heavy atom. The highest BCUT2D eigenvalue weighted by atomic mass is 16.2. The minimum absolute atomic E-state index is 0.312. The smallest absolute Gasteiger partial charge is 0.301 e. The fraction of sp³-hybridized carbons (Fsp3) is 0.375. The molecule has 0 aromatic carbocycles. The summed E-state index contributed by atoms with van der Waals surface area (Å²) in [5.41, 5.74) is -1.10. The minimum atomic E-state index is -0.486. The van der Waals surface area contributed by atoms with E-state index in [-0.39, 0.29) is 5.92 Å². The molecule has 8 heteroatoms. The Labute approximate surface area is 137 Å². The Morgan fingerprint density at radius 3 is 2.08 bits per heavy atom. The van der Waals surface area contributed by atoms with Crippen LogP contribution in [0.3, 0.4) is 0 Å². The molecule has 0 aliphatic rings. The molecule has 0 saturated carbocycles. The first-order valence-corrected chi connectivity index (χ1v) is 7.73. The van der Waals surface area contributed by atoms with Gasteiger partial charge in [-0.25, -0.2) is 9.59 Å². The molecule has 2 heterocycles. The van der Waals surface area contributed by atoms with E-state index in [0.717, 1.165) is 0 Å². The first-order valence-electron chi connectivity index (χ1n) is 7.73. The van der Waals surface area contributed by atoms with Crippen molar-refractivity contribution in [1.82, 2.24) is 19.1 Å². The van der Waals surface area contributed by atoms with Gasteiger partial charge in [0, 0.05) is 37.0 Å². The maximum Gasteiger partial charge on any atom is 0.328 e. The van der Waals surface area contributed by atoms with E-state index in [0.29, 0.717) is 24.2 Å². The van der Waals surface area contributed by atoms with Gasteiger partial charge in [-0.1, -0.05) is 19.1 Å². The monoisotopic (exact) mass is 332 g/mol. The number of rotatable bonds is 5. The zero-order valence-corrected chi connectivity index (χ0v) is 13.8. The van der Waals surface area contributed by atoms with Crippen molar-refractivity contribution in [3.63, 3.8) is 0 Å². The van der Waals surface area contributed by atoms with Crippen molar-refractivity contribution in [3.05, 3.63) is 71.3 Å². The van der Waals surface area contributed by atoms with Crippen molar-refractivity contribution in [1.29, 1.82) is 0 Å². The van der Waals surface area contributed by atoms with Gasteiger partial charge in [0.15, 0.2) is 0 Å². The lowest BCUT2D eigenvalue weighted by Crippen LogP contribution is -2.32. The summed E-state index contributed by atoms with van der Waals surface area (Å²) in [5.74, 6) is -0.312. The normalized spacial score (nSPS) is 12.6. The average Bonchev–Trinajstić information content (AvgIpc) is 2.54. The third kappa shape index (κ3) is 3.53. The molecule has 0 fully saturated rings. The molecule has 2 N–H and O–H groups in total. The van der Waals surface area contributed by atoms with Crippen LogP contribution in [0.2, 0.25) is 0 Å². The highest BCUT2D eigenvalue weighted by Gasteiger charge is 2.10. The maximum atomic E-state index is 12.0. The highest BCUT2D eigenvalue weighted by Crippen LogP contribution is 2.12. The molecule has 0 aliphatic carbocycles. The van der Waals surface area contributed by atoms with Gasteiger partial charge in [-0.05, 0) is 13.8 Å². The lowest BCUT2D eigenvalue weighted by molar-refractivity contribution is 0.676. The Hall–Kier alpha value is -2.90. The Bertz CT molecular complexity index is 991. The largest absolute Gasteiger partial charge is 0.328 e. The molecule has 0 aliphatic heterocycles. The molecule has 0 amide bonds. The molecule has 8 nitrogen and oxygen atoms in total. The van der Waals surface area contributed by atoms with Crippen molar-refractivity contribution in [2.24, 2.45) is 0 Å². The molecule has 0 unspecified atom stereocenters. The number of aromatic nitrogens is 4. The molecule has 2 aromatic rings. The van der Waals surface area contributed by atoms with E-state index in [4.69, 9.17) is 0 Å². The van der Waals surface area contributed by atoms with Gasteiger partial charge in [0.05, 0.1) is 5.56 Å².